The van der Waals surface area contributed by atoms with E-state index in [0.29, 0.717) is 22.9 Å². The molecule has 2 unspecified atom stereocenters. The molecule has 0 radical (unpaired) electrons. The van der Waals surface area contributed by atoms with Crippen molar-refractivity contribution in [1.29, 1.82) is 0 Å². The topological polar surface area (TPSA) is 96.9 Å². The fraction of sp³-hybridized carbons (Fsp3) is 0.385. The van der Waals surface area contributed by atoms with E-state index >= 15 is 0 Å². The van der Waals surface area contributed by atoms with Gasteiger partial charge in [-0.05, 0) is 30.5 Å². The maximum Gasteiger partial charge on any atom is 0.253 e. The largest absolute Gasteiger partial charge is 0.409 e. The minimum absolute atomic E-state index is 0.0531. The summed E-state index contributed by atoms with van der Waals surface area (Å²) in [7, 11) is 0. The Labute approximate surface area is 121 Å². The number of anilines is 1. The van der Waals surface area contributed by atoms with Crippen molar-refractivity contribution in [3.8, 4) is 0 Å². The number of nitrogens with one attached hydrogen (secondary N) is 1. The van der Waals surface area contributed by atoms with Crippen LogP contribution in [0.25, 0.3) is 0 Å². The second-order valence-electron chi connectivity index (χ2n) is 4.73. The van der Waals surface area contributed by atoms with Crippen LogP contribution in [0.2, 0.25) is 5.02 Å². The van der Waals surface area contributed by atoms with Crippen LogP contribution in [0.1, 0.15) is 18.9 Å². The molecule has 1 aromatic rings. The number of carbonyl (C=O) groups is 1. The van der Waals surface area contributed by atoms with Gasteiger partial charge in [0.15, 0.2) is 5.84 Å². The molecule has 1 aliphatic rings. The molecule has 0 spiro atoms. The predicted molar refractivity (Wildman–Crippen MR) is 76.1 cm³/mol. The number of hydrogen-bond acceptors (Lipinski definition) is 4. The quantitative estimate of drug-likeness (QED) is 0.343. The smallest absolute Gasteiger partial charge is 0.253 e. The van der Waals surface area contributed by atoms with Crippen LogP contribution in [0, 0.1) is 5.92 Å². The highest BCUT2D eigenvalue weighted by Gasteiger charge is 2.31. The molecule has 0 saturated carbocycles. The van der Waals surface area contributed by atoms with Crippen LogP contribution in [0.3, 0.4) is 0 Å². The Morgan fingerprint density at radius 3 is 2.95 bits per heavy atom. The van der Waals surface area contributed by atoms with Crippen LogP contribution in [0.5, 0.6) is 0 Å². The minimum Gasteiger partial charge on any atom is -0.409 e. The minimum atomic E-state index is -0.474. The first-order chi connectivity index (χ1) is 9.52. The van der Waals surface area contributed by atoms with Crippen molar-refractivity contribution in [1.82, 2.24) is 0 Å². The van der Waals surface area contributed by atoms with Crippen molar-refractivity contribution in [3.05, 3.63) is 28.8 Å². The van der Waals surface area contributed by atoms with Crippen LogP contribution >= 0.6 is 11.6 Å². The zero-order valence-electron chi connectivity index (χ0n) is 11.0. The second-order valence-corrected chi connectivity index (χ2v) is 5.13. The highest BCUT2D eigenvalue weighted by atomic mass is 35.5. The predicted octanol–water partition coefficient (Wildman–Crippen LogP) is 1.80. The van der Waals surface area contributed by atoms with Gasteiger partial charge < -0.3 is 21.0 Å². The van der Waals surface area contributed by atoms with Crippen molar-refractivity contribution in [2.24, 2.45) is 16.8 Å². The van der Waals surface area contributed by atoms with Crippen molar-refractivity contribution in [2.45, 2.75) is 19.4 Å². The monoisotopic (exact) mass is 297 g/mol. The average molecular weight is 298 g/mol. The van der Waals surface area contributed by atoms with E-state index in [0.717, 1.165) is 6.42 Å². The number of nitrogens with two attached hydrogens (primary N) is 1. The molecule has 1 aliphatic heterocycles. The molecule has 1 heterocycles. The molecule has 1 fully saturated rings. The summed E-state index contributed by atoms with van der Waals surface area (Å²) >= 11 is 6.03. The Balaban J connectivity index is 2.18. The zero-order chi connectivity index (χ0) is 14.7. The first-order valence-electron chi connectivity index (χ1n) is 6.23. The van der Waals surface area contributed by atoms with Gasteiger partial charge in [0.2, 0.25) is 0 Å². The Morgan fingerprint density at radius 1 is 1.60 bits per heavy atom. The van der Waals surface area contributed by atoms with Gasteiger partial charge in [-0.25, -0.2) is 0 Å². The van der Waals surface area contributed by atoms with Crippen LogP contribution in [0.4, 0.5) is 5.69 Å². The number of hydrogen-bond donors (Lipinski definition) is 3. The van der Waals surface area contributed by atoms with E-state index in [1.54, 1.807) is 18.2 Å². The summed E-state index contributed by atoms with van der Waals surface area (Å²) in [4.78, 5) is 12.1. The Kier molecular flexibility index (Phi) is 4.46. The van der Waals surface area contributed by atoms with Gasteiger partial charge in [-0.3, -0.25) is 4.79 Å². The number of amides is 1. The number of amidine groups is 1. The highest BCUT2D eigenvalue weighted by Crippen LogP contribution is 2.26. The lowest BCUT2D eigenvalue weighted by Crippen LogP contribution is -2.31. The van der Waals surface area contributed by atoms with Crippen molar-refractivity contribution in [3.63, 3.8) is 0 Å². The van der Waals surface area contributed by atoms with Gasteiger partial charge in [0.05, 0.1) is 10.7 Å². The molecule has 2 atom stereocenters. The van der Waals surface area contributed by atoms with E-state index in [1.165, 1.54) is 0 Å². The summed E-state index contributed by atoms with van der Waals surface area (Å²) in [6.07, 6.45) is 0.384. The number of halogens is 1. The number of rotatable bonds is 3. The molecule has 7 heteroatoms. The number of benzene rings is 1. The number of ether oxygens (including phenoxy) is 1. The molecule has 6 nitrogen and oxygen atoms in total. The first kappa shape index (κ1) is 14.6. The third kappa shape index (κ3) is 3.02. The van der Waals surface area contributed by atoms with Gasteiger partial charge in [0.1, 0.15) is 6.10 Å². The second kappa shape index (κ2) is 6.11. The van der Waals surface area contributed by atoms with E-state index in [2.05, 4.69) is 10.5 Å². The van der Waals surface area contributed by atoms with Crippen LogP contribution < -0.4 is 11.1 Å². The van der Waals surface area contributed by atoms with E-state index in [-0.39, 0.29) is 17.7 Å². The molecule has 1 saturated heterocycles. The lowest BCUT2D eigenvalue weighted by Gasteiger charge is -2.15. The Morgan fingerprint density at radius 2 is 2.35 bits per heavy atom. The SMILES string of the molecule is CC1CCOC1C(=O)Nc1cc(/C(N)=N/O)ccc1Cl. The normalized spacial score (nSPS) is 22.8. The summed E-state index contributed by atoms with van der Waals surface area (Å²) in [5.41, 5.74) is 6.38. The van der Waals surface area contributed by atoms with Gasteiger partial charge in [-0.1, -0.05) is 23.7 Å². The highest BCUT2D eigenvalue weighted by molar-refractivity contribution is 6.34. The lowest BCUT2D eigenvalue weighted by atomic mass is 10.0. The molecule has 4 N–H and O–H groups in total. The fourth-order valence-electron chi connectivity index (χ4n) is 2.07. The van der Waals surface area contributed by atoms with E-state index in [1.807, 2.05) is 6.92 Å². The molecular weight excluding hydrogens is 282 g/mol. The maximum atomic E-state index is 12.1. The molecule has 0 aromatic heterocycles. The molecule has 0 aliphatic carbocycles. The standard InChI is InChI=1S/C13H16ClN3O3/c1-7-4-5-20-11(7)13(18)16-10-6-8(12(15)17-19)2-3-9(10)14/h2-3,6-7,11,19H,4-5H2,1H3,(H2,15,17)(H,16,18). The summed E-state index contributed by atoms with van der Waals surface area (Å²) in [6, 6.07) is 4.72. The lowest BCUT2D eigenvalue weighted by molar-refractivity contribution is -0.126. The zero-order valence-corrected chi connectivity index (χ0v) is 11.7. The summed E-state index contributed by atoms with van der Waals surface area (Å²) in [5, 5.41) is 14.7. The van der Waals surface area contributed by atoms with Gasteiger partial charge in [-0.15, -0.1) is 0 Å². The van der Waals surface area contributed by atoms with Crippen molar-refractivity contribution >= 4 is 29.0 Å². The molecular formula is C13H16ClN3O3. The molecule has 20 heavy (non-hydrogen) atoms. The fourth-order valence-corrected chi connectivity index (χ4v) is 2.24. The maximum absolute atomic E-state index is 12.1. The molecule has 0 bridgehead atoms. The van der Waals surface area contributed by atoms with E-state index < -0.39 is 6.10 Å². The van der Waals surface area contributed by atoms with Gasteiger partial charge in [0, 0.05) is 12.2 Å². The molecule has 1 aromatic carbocycles. The van der Waals surface area contributed by atoms with Crippen molar-refractivity contribution < 1.29 is 14.7 Å². The van der Waals surface area contributed by atoms with Gasteiger partial charge in [-0.2, -0.15) is 0 Å². The Hall–Kier alpha value is -1.79. The first-order valence-corrected chi connectivity index (χ1v) is 6.60. The summed E-state index contributed by atoms with van der Waals surface area (Å²) in [6.45, 7) is 2.54. The van der Waals surface area contributed by atoms with Gasteiger partial charge in [0.25, 0.3) is 5.91 Å². The van der Waals surface area contributed by atoms with E-state index in [9.17, 15) is 4.79 Å². The average Bonchev–Trinajstić information content (AvgIpc) is 2.86. The number of carbonyl (C=O) groups excluding carboxylic acids is 1. The number of nitrogens with zero attached hydrogens (tertiary/aromatic N) is 1. The van der Waals surface area contributed by atoms with Crippen LogP contribution in [-0.4, -0.2) is 29.7 Å². The van der Waals surface area contributed by atoms with Crippen LogP contribution in [0.15, 0.2) is 23.4 Å². The molecule has 2 rings (SSSR count). The molecule has 108 valence electrons. The Bertz CT molecular complexity index is 548. The third-order valence-electron chi connectivity index (χ3n) is 3.27. The van der Waals surface area contributed by atoms with Crippen LogP contribution in [-0.2, 0) is 9.53 Å². The number of oxime groups is 1. The molecule has 1 amide bonds. The summed E-state index contributed by atoms with van der Waals surface area (Å²) < 4.78 is 5.39. The van der Waals surface area contributed by atoms with Gasteiger partial charge >= 0.3 is 0 Å². The van der Waals surface area contributed by atoms with E-state index in [4.69, 9.17) is 27.3 Å². The van der Waals surface area contributed by atoms with Crippen molar-refractivity contribution in [2.75, 3.05) is 11.9 Å². The summed E-state index contributed by atoms with van der Waals surface area (Å²) in [5.74, 6) is -0.128. The third-order valence-corrected chi connectivity index (χ3v) is 3.60.